The number of carbonyl (C=O) groups excluding carboxylic acids is 2. The second-order valence-corrected chi connectivity index (χ2v) is 8.00. The number of nitrogens with zero attached hydrogens (tertiary/aromatic N) is 3. The summed E-state index contributed by atoms with van der Waals surface area (Å²) in [5, 5.41) is 15.8. The summed E-state index contributed by atoms with van der Waals surface area (Å²) >= 11 is 1.24. The van der Waals surface area contributed by atoms with E-state index < -0.39 is 22.3 Å². The number of benzene rings is 2. The van der Waals surface area contributed by atoms with Crippen molar-refractivity contribution < 1.29 is 14.5 Å². The Bertz CT molecular complexity index is 1540. The number of thiazole rings is 1. The summed E-state index contributed by atoms with van der Waals surface area (Å²) < 4.78 is 1.06. The van der Waals surface area contributed by atoms with E-state index in [2.05, 4.69) is 10.3 Å². The Balaban J connectivity index is 1.75. The third-order valence-electron chi connectivity index (χ3n) is 5.19. The second-order valence-electron chi connectivity index (χ2n) is 7.14. The van der Waals surface area contributed by atoms with E-state index in [0.29, 0.717) is 10.7 Å². The molecule has 1 aliphatic heterocycles. The minimum atomic E-state index is -0.717. The fourth-order valence-electron chi connectivity index (χ4n) is 3.67. The van der Waals surface area contributed by atoms with E-state index in [1.54, 1.807) is 5.38 Å². The Morgan fingerprint density at radius 2 is 1.76 bits per heavy atom. The van der Waals surface area contributed by atoms with Gasteiger partial charge in [0.15, 0.2) is 0 Å². The van der Waals surface area contributed by atoms with Crippen molar-refractivity contribution in [1.82, 2.24) is 14.9 Å². The van der Waals surface area contributed by atoms with Gasteiger partial charge in [-0.3, -0.25) is 34.4 Å². The van der Waals surface area contributed by atoms with E-state index in [1.807, 2.05) is 30.3 Å². The quantitative estimate of drug-likeness (QED) is 0.270. The standard InChI is InChI=1S/C22H13N5O5S/c23-19-18-14(20(29)25-21(18)30)9-17(28)26(19)16-7-6-12(27(31)32)8-13(16)22-24-15(10-33-22)11-4-2-1-3-5-11/h1-10H,23H2,(H,25,29,30). The van der Waals surface area contributed by atoms with Gasteiger partial charge in [0.25, 0.3) is 23.1 Å². The van der Waals surface area contributed by atoms with E-state index in [-0.39, 0.29) is 33.9 Å². The van der Waals surface area contributed by atoms with Crippen LogP contribution >= 0.6 is 11.3 Å². The Morgan fingerprint density at radius 1 is 1.00 bits per heavy atom. The Morgan fingerprint density at radius 3 is 2.48 bits per heavy atom. The number of hydrogen-bond acceptors (Lipinski definition) is 8. The molecule has 0 aliphatic carbocycles. The van der Waals surface area contributed by atoms with Crippen molar-refractivity contribution in [3.63, 3.8) is 0 Å². The molecule has 1 aliphatic rings. The molecular weight excluding hydrogens is 446 g/mol. The van der Waals surface area contributed by atoms with E-state index in [9.17, 15) is 24.5 Å². The molecule has 5 rings (SSSR count). The van der Waals surface area contributed by atoms with Crippen LogP contribution in [-0.2, 0) is 0 Å². The third kappa shape index (κ3) is 3.27. The summed E-state index contributed by atoms with van der Waals surface area (Å²) in [6.45, 7) is 0. The van der Waals surface area contributed by atoms with Gasteiger partial charge in [-0.05, 0) is 6.07 Å². The van der Waals surface area contributed by atoms with Crippen LogP contribution in [0.15, 0.2) is 64.8 Å². The summed E-state index contributed by atoms with van der Waals surface area (Å²) in [5.41, 5.74) is 7.08. The molecule has 2 amide bonds. The largest absolute Gasteiger partial charge is 0.384 e. The van der Waals surface area contributed by atoms with Gasteiger partial charge in [-0.2, -0.15) is 0 Å². The molecule has 0 spiro atoms. The minimum Gasteiger partial charge on any atom is -0.384 e. The lowest BCUT2D eigenvalue weighted by atomic mass is 10.1. The van der Waals surface area contributed by atoms with Crippen LogP contribution in [0.4, 0.5) is 11.5 Å². The predicted molar refractivity (Wildman–Crippen MR) is 121 cm³/mol. The van der Waals surface area contributed by atoms with E-state index in [4.69, 9.17) is 5.73 Å². The second kappa shape index (κ2) is 7.50. The lowest BCUT2D eigenvalue weighted by molar-refractivity contribution is -0.384. The number of hydrogen-bond donors (Lipinski definition) is 2. The first-order valence-electron chi connectivity index (χ1n) is 9.56. The fourth-order valence-corrected chi connectivity index (χ4v) is 4.52. The number of rotatable bonds is 4. The number of carbonyl (C=O) groups is 2. The Labute approximate surface area is 189 Å². The highest BCUT2D eigenvalue weighted by molar-refractivity contribution is 7.13. The number of pyridine rings is 1. The zero-order valence-electron chi connectivity index (χ0n) is 16.6. The van der Waals surface area contributed by atoms with Crippen LogP contribution < -0.4 is 16.6 Å². The zero-order valence-corrected chi connectivity index (χ0v) is 17.5. The van der Waals surface area contributed by atoms with Gasteiger partial charge >= 0.3 is 0 Å². The number of fused-ring (bicyclic) bond motifs is 1. The number of nitrogens with one attached hydrogen (secondary N) is 1. The van der Waals surface area contributed by atoms with Crippen LogP contribution in [0.5, 0.6) is 0 Å². The summed E-state index contributed by atoms with van der Waals surface area (Å²) in [6.07, 6.45) is 0. The summed E-state index contributed by atoms with van der Waals surface area (Å²) in [5.74, 6) is -1.66. The number of anilines is 1. The molecule has 4 aromatic rings. The van der Waals surface area contributed by atoms with Gasteiger partial charge in [0.05, 0.1) is 27.4 Å². The average Bonchev–Trinajstić information content (AvgIpc) is 3.39. The number of imide groups is 1. The molecule has 11 heteroatoms. The van der Waals surface area contributed by atoms with Gasteiger partial charge in [0, 0.05) is 34.7 Å². The number of nitro benzene ring substituents is 1. The molecule has 3 N–H and O–H groups in total. The SMILES string of the molecule is Nc1c2c(cc(=O)n1-c1ccc([N+](=O)[O-])cc1-c1nc(-c3ccccc3)cs1)C(=O)NC2=O. The topological polar surface area (TPSA) is 150 Å². The van der Waals surface area contributed by atoms with Gasteiger partial charge < -0.3 is 5.73 Å². The number of non-ortho nitro benzene ring substituents is 1. The van der Waals surface area contributed by atoms with Gasteiger partial charge in [0.2, 0.25) is 0 Å². The molecule has 162 valence electrons. The van der Waals surface area contributed by atoms with Gasteiger partial charge in [-0.1, -0.05) is 30.3 Å². The molecule has 33 heavy (non-hydrogen) atoms. The first-order chi connectivity index (χ1) is 15.8. The smallest absolute Gasteiger partial charge is 0.270 e. The molecule has 0 saturated carbocycles. The van der Waals surface area contributed by atoms with Gasteiger partial charge in [-0.15, -0.1) is 11.3 Å². The number of nitrogens with two attached hydrogens (primary N) is 1. The maximum absolute atomic E-state index is 12.9. The van der Waals surface area contributed by atoms with Crippen molar-refractivity contribution in [2.24, 2.45) is 0 Å². The number of aromatic nitrogens is 2. The van der Waals surface area contributed by atoms with Crippen LogP contribution in [0.2, 0.25) is 0 Å². The van der Waals surface area contributed by atoms with Crippen LogP contribution in [-0.4, -0.2) is 26.3 Å². The fraction of sp³-hybridized carbons (Fsp3) is 0. The lowest BCUT2D eigenvalue weighted by Gasteiger charge is -2.14. The van der Waals surface area contributed by atoms with Crippen molar-refractivity contribution in [2.75, 3.05) is 5.73 Å². The molecule has 0 atom stereocenters. The van der Waals surface area contributed by atoms with Crippen molar-refractivity contribution in [3.05, 3.63) is 91.6 Å². The maximum Gasteiger partial charge on any atom is 0.270 e. The molecule has 0 unspecified atom stereocenters. The summed E-state index contributed by atoms with van der Waals surface area (Å²) in [4.78, 5) is 52.6. The highest BCUT2D eigenvalue weighted by Crippen LogP contribution is 2.36. The summed E-state index contributed by atoms with van der Waals surface area (Å²) in [6, 6.07) is 14.3. The van der Waals surface area contributed by atoms with E-state index in [1.165, 1.54) is 29.5 Å². The van der Waals surface area contributed by atoms with Crippen molar-refractivity contribution in [2.45, 2.75) is 0 Å². The molecule has 2 aromatic carbocycles. The molecule has 10 nitrogen and oxygen atoms in total. The highest BCUT2D eigenvalue weighted by atomic mass is 32.1. The lowest BCUT2D eigenvalue weighted by Crippen LogP contribution is -2.24. The van der Waals surface area contributed by atoms with Crippen LogP contribution in [0.25, 0.3) is 27.5 Å². The monoisotopic (exact) mass is 459 g/mol. The molecule has 0 fully saturated rings. The first kappa shape index (κ1) is 20.3. The number of nitrogen functional groups attached to an aromatic ring is 1. The molecule has 2 aromatic heterocycles. The molecule has 3 heterocycles. The molecule has 0 saturated heterocycles. The Kier molecular flexibility index (Phi) is 4.61. The van der Waals surface area contributed by atoms with Gasteiger partial charge in [0.1, 0.15) is 10.8 Å². The van der Waals surface area contributed by atoms with Gasteiger partial charge in [-0.25, -0.2) is 4.98 Å². The van der Waals surface area contributed by atoms with E-state index >= 15 is 0 Å². The number of amides is 2. The van der Waals surface area contributed by atoms with Crippen LogP contribution in [0.1, 0.15) is 20.7 Å². The predicted octanol–water partition coefficient (Wildman–Crippen LogP) is 3.00. The third-order valence-corrected chi connectivity index (χ3v) is 6.06. The minimum absolute atomic E-state index is 0.108. The maximum atomic E-state index is 12.9. The normalized spacial score (nSPS) is 12.5. The zero-order chi connectivity index (χ0) is 23.3. The summed E-state index contributed by atoms with van der Waals surface area (Å²) in [7, 11) is 0. The number of nitro groups is 1. The van der Waals surface area contributed by atoms with Crippen LogP contribution in [0, 0.1) is 10.1 Å². The highest BCUT2D eigenvalue weighted by Gasteiger charge is 2.32. The average molecular weight is 459 g/mol. The molecular formula is C22H13N5O5S. The molecule has 0 bridgehead atoms. The van der Waals surface area contributed by atoms with Crippen molar-refractivity contribution in [3.8, 4) is 27.5 Å². The Hall–Kier alpha value is -4.64. The van der Waals surface area contributed by atoms with Crippen molar-refractivity contribution >= 4 is 34.7 Å². The molecule has 0 radical (unpaired) electrons. The van der Waals surface area contributed by atoms with Crippen LogP contribution in [0.3, 0.4) is 0 Å². The van der Waals surface area contributed by atoms with E-state index in [0.717, 1.165) is 16.2 Å². The van der Waals surface area contributed by atoms with Crippen molar-refractivity contribution in [1.29, 1.82) is 0 Å². The first-order valence-corrected chi connectivity index (χ1v) is 10.4.